The van der Waals surface area contributed by atoms with Crippen molar-refractivity contribution >= 4 is 40.5 Å². The molecule has 0 aliphatic carbocycles. The van der Waals surface area contributed by atoms with E-state index in [0.717, 1.165) is 10.6 Å². The maximum atomic E-state index is 14.0. The molecule has 3 aliphatic heterocycles. The van der Waals surface area contributed by atoms with Crippen LogP contribution in [0.4, 0.5) is 0 Å². The van der Waals surface area contributed by atoms with Gasteiger partial charge in [0.05, 0.1) is 30.3 Å². The number of fused-ring (bicyclic) bond motifs is 2. The molecule has 57 heavy (non-hydrogen) atoms. The number of nitrogens with one attached hydrogen (secondary N) is 3. The summed E-state index contributed by atoms with van der Waals surface area (Å²) >= 11 is 1.60. The monoisotopic (exact) mass is 815 g/mol. The average Bonchev–Trinajstić information content (AvgIpc) is 3.86. The van der Waals surface area contributed by atoms with Gasteiger partial charge in [0.1, 0.15) is 36.2 Å². The number of nitrogens with zero attached hydrogens (tertiary/aromatic N) is 2. The van der Waals surface area contributed by atoms with Crippen molar-refractivity contribution in [2.24, 2.45) is 27.7 Å². The van der Waals surface area contributed by atoms with Crippen LogP contribution in [0.2, 0.25) is 0 Å². The number of carbonyl (C=O) groups is 4. The molecule has 10 unspecified atom stereocenters. The number of aliphatic hydroxyl groups is 2. The van der Waals surface area contributed by atoms with E-state index < -0.39 is 65.8 Å². The van der Waals surface area contributed by atoms with E-state index in [0.29, 0.717) is 56.6 Å². The number of amides is 3. The molecule has 0 saturated carbocycles. The number of benzene rings is 1. The fourth-order valence-corrected chi connectivity index (χ4v) is 9.09. The lowest BCUT2D eigenvalue weighted by Crippen LogP contribution is -2.60. The standard InChI is InChI=1S/C43H69N5O8S/c1-11-26(3)36-39(53)48-20-12-13-32(48)40(54)56-34(42(5,6)7)22-25(2)21-33(49)43(8,9)41-45-29(24-57-41)16-19-35(50)46-31(38(52)44-27(4)37(51)47-36)23-28-14-17-30(55-10)18-15-28/h14-15,17-18,25-27,29,31-34,36,39,49,53H,11-13,16,19-24H2,1-10H3,(H,44,52)(H,46,50)(H,47,51). The van der Waals surface area contributed by atoms with E-state index in [-0.39, 0.29) is 42.0 Å². The average molecular weight is 816 g/mol. The van der Waals surface area contributed by atoms with Gasteiger partial charge in [-0.15, -0.1) is 11.8 Å². The van der Waals surface area contributed by atoms with E-state index in [1.807, 2.05) is 60.6 Å². The summed E-state index contributed by atoms with van der Waals surface area (Å²) in [7, 11) is 1.57. The highest BCUT2D eigenvalue weighted by Crippen LogP contribution is 2.39. The highest BCUT2D eigenvalue weighted by Gasteiger charge is 2.44. The number of hydrogen-bond acceptors (Lipinski definition) is 11. The maximum absolute atomic E-state index is 14.0. The molecule has 0 radical (unpaired) electrons. The van der Waals surface area contributed by atoms with Gasteiger partial charge >= 0.3 is 5.97 Å². The highest BCUT2D eigenvalue weighted by atomic mass is 32.2. The van der Waals surface area contributed by atoms with Crippen molar-refractivity contribution in [2.75, 3.05) is 19.4 Å². The quantitative estimate of drug-likeness (QED) is 0.264. The Morgan fingerprint density at radius 2 is 1.70 bits per heavy atom. The van der Waals surface area contributed by atoms with Crippen molar-refractivity contribution in [2.45, 2.75) is 162 Å². The summed E-state index contributed by atoms with van der Waals surface area (Å²) in [6.45, 7) is 18.1. The van der Waals surface area contributed by atoms with Gasteiger partial charge in [0.2, 0.25) is 17.7 Å². The maximum Gasteiger partial charge on any atom is 0.323 e. The van der Waals surface area contributed by atoms with Crippen LogP contribution in [0.5, 0.6) is 5.75 Å². The van der Waals surface area contributed by atoms with Gasteiger partial charge < -0.3 is 35.6 Å². The minimum Gasteiger partial charge on any atom is -0.497 e. The molecule has 3 aliphatic rings. The summed E-state index contributed by atoms with van der Waals surface area (Å²) < 4.78 is 11.6. The Morgan fingerprint density at radius 1 is 1.02 bits per heavy atom. The number of esters is 1. The van der Waals surface area contributed by atoms with Crippen molar-refractivity contribution in [3.8, 4) is 5.75 Å². The first kappa shape index (κ1) is 46.5. The van der Waals surface area contributed by atoms with E-state index in [1.165, 1.54) is 0 Å². The molecule has 2 bridgehead atoms. The highest BCUT2D eigenvalue weighted by molar-refractivity contribution is 8.14. The number of carbonyl (C=O) groups excluding carboxylic acids is 4. The van der Waals surface area contributed by atoms with E-state index >= 15 is 0 Å². The van der Waals surface area contributed by atoms with Crippen molar-refractivity contribution in [3.63, 3.8) is 0 Å². The molecule has 1 aromatic carbocycles. The first-order valence-corrected chi connectivity index (χ1v) is 21.8. The Bertz CT molecular complexity index is 1560. The molecule has 4 rings (SSSR count). The molecule has 3 heterocycles. The molecule has 1 fully saturated rings. The molecule has 13 nitrogen and oxygen atoms in total. The minimum absolute atomic E-state index is 0.0108. The van der Waals surface area contributed by atoms with Gasteiger partial charge in [-0.1, -0.05) is 73.9 Å². The summed E-state index contributed by atoms with van der Waals surface area (Å²) in [5.74, 6) is -0.557. The third-order valence-electron chi connectivity index (χ3n) is 12.1. The second kappa shape index (κ2) is 20.2. The third-order valence-corrected chi connectivity index (χ3v) is 13.5. The lowest BCUT2D eigenvalue weighted by molar-refractivity contribution is -0.166. The number of thioether (sulfide) groups is 1. The van der Waals surface area contributed by atoms with Gasteiger partial charge in [-0.25, -0.2) is 0 Å². The number of rotatable bonds is 5. The van der Waals surface area contributed by atoms with Crippen LogP contribution in [0, 0.1) is 22.7 Å². The lowest BCUT2D eigenvalue weighted by atomic mass is 9.78. The second-order valence-corrected chi connectivity index (χ2v) is 19.2. The zero-order chi connectivity index (χ0) is 42.2. The number of aliphatic hydroxyl groups excluding tert-OH is 2. The summed E-state index contributed by atoms with van der Waals surface area (Å²) in [4.78, 5) is 61.8. The predicted octanol–water partition coefficient (Wildman–Crippen LogP) is 4.61. The van der Waals surface area contributed by atoms with Crippen molar-refractivity contribution in [3.05, 3.63) is 29.8 Å². The first-order valence-electron chi connectivity index (χ1n) is 20.8. The Balaban J connectivity index is 1.65. The van der Waals surface area contributed by atoms with Crippen LogP contribution < -0.4 is 20.7 Å². The number of cyclic esters (lactones) is 1. The number of hydrogen-bond donors (Lipinski definition) is 5. The fraction of sp³-hybridized carbons (Fsp3) is 0.744. The van der Waals surface area contributed by atoms with E-state index in [9.17, 15) is 29.4 Å². The smallest absolute Gasteiger partial charge is 0.323 e. The van der Waals surface area contributed by atoms with Crippen LogP contribution in [0.15, 0.2) is 29.3 Å². The van der Waals surface area contributed by atoms with Crippen LogP contribution in [-0.4, -0.2) is 112 Å². The van der Waals surface area contributed by atoms with Crippen LogP contribution in [-0.2, 0) is 30.3 Å². The molecule has 1 saturated heterocycles. The molecular formula is C43H69N5O8S. The Kier molecular flexibility index (Phi) is 16.5. The van der Waals surface area contributed by atoms with Gasteiger partial charge in [0.25, 0.3) is 0 Å². The summed E-state index contributed by atoms with van der Waals surface area (Å²) in [6, 6.07) is 3.67. The molecule has 0 aromatic heterocycles. The number of aliphatic imine (C=N–C) groups is 1. The number of methoxy groups -OCH3 is 1. The van der Waals surface area contributed by atoms with Gasteiger partial charge in [0.15, 0.2) is 0 Å². The first-order chi connectivity index (χ1) is 26.7. The molecule has 10 atom stereocenters. The van der Waals surface area contributed by atoms with E-state index in [2.05, 4.69) is 22.9 Å². The second-order valence-electron chi connectivity index (χ2n) is 18.2. The normalized spacial score (nSPS) is 32.4. The predicted molar refractivity (Wildman–Crippen MR) is 224 cm³/mol. The van der Waals surface area contributed by atoms with Crippen LogP contribution >= 0.6 is 11.8 Å². The molecule has 1 aromatic rings. The fourth-order valence-electron chi connectivity index (χ4n) is 7.76. The molecule has 3 amide bonds. The van der Waals surface area contributed by atoms with E-state index in [1.54, 1.807) is 42.8 Å². The van der Waals surface area contributed by atoms with Gasteiger partial charge in [-0.2, -0.15) is 0 Å². The minimum atomic E-state index is -1.19. The topological polar surface area (TPSA) is 179 Å². The van der Waals surface area contributed by atoms with Crippen molar-refractivity contribution in [1.82, 2.24) is 20.9 Å². The number of ether oxygens (including phenoxy) is 2. The SMILES string of the molecule is CCC(C)C1NC(=O)C(C)NC(=O)C(Cc2ccc(OC)cc2)NC(=O)CCC2CSC(=N2)C(C)(C)C(O)CC(C)CC(C(C)(C)C)OC(=O)C2CCCN2C1O. The van der Waals surface area contributed by atoms with Gasteiger partial charge in [-0.3, -0.25) is 29.1 Å². The lowest BCUT2D eigenvalue weighted by Gasteiger charge is -2.39. The van der Waals surface area contributed by atoms with Gasteiger partial charge in [-0.05, 0) is 74.0 Å². The summed E-state index contributed by atoms with van der Waals surface area (Å²) in [5.41, 5.74) is -0.226. The zero-order valence-electron chi connectivity index (χ0n) is 35.8. The summed E-state index contributed by atoms with van der Waals surface area (Å²) in [6.07, 6.45) is 1.29. The van der Waals surface area contributed by atoms with Crippen molar-refractivity contribution < 1.29 is 38.9 Å². The summed E-state index contributed by atoms with van der Waals surface area (Å²) in [5, 5.41) is 33.0. The van der Waals surface area contributed by atoms with E-state index in [4.69, 9.17) is 14.5 Å². The van der Waals surface area contributed by atoms with Crippen LogP contribution in [0.3, 0.4) is 0 Å². The van der Waals surface area contributed by atoms with Crippen molar-refractivity contribution in [1.29, 1.82) is 0 Å². The van der Waals surface area contributed by atoms with Gasteiger partial charge in [0, 0.05) is 30.6 Å². The third kappa shape index (κ3) is 12.4. The molecular weight excluding hydrogens is 747 g/mol. The Morgan fingerprint density at radius 3 is 2.33 bits per heavy atom. The molecule has 14 heteroatoms. The molecule has 5 N–H and O–H groups in total. The van der Waals surface area contributed by atoms with Crippen LogP contribution in [0.25, 0.3) is 0 Å². The zero-order valence-corrected chi connectivity index (χ0v) is 36.6. The Hall–Kier alpha value is -3.20. The van der Waals surface area contributed by atoms with Crippen LogP contribution in [0.1, 0.15) is 113 Å². The Labute approximate surface area is 344 Å². The molecule has 320 valence electrons. The largest absolute Gasteiger partial charge is 0.497 e. The molecule has 0 spiro atoms.